The first-order valence-corrected chi connectivity index (χ1v) is 4.14. The van der Waals surface area contributed by atoms with Crippen LogP contribution in [0.5, 0.6) is 0 Å². The van der Waals surface area contributed by atoms with Crippen molar-refractivity contribution in [3.05, 3.63) is 0 Å². The van der Waals surface area contributed by atoms with Gasteiger partial charge in [0.2, 0.25) is 0 Å². The van der Waals surface area contributed by atoms with E-state index in [9.17, 15) is 0 Å². The molecule has 68 valence electrons. The van der Waals surface area contributed by atoms with E-state index in [1.807, 2.05) is 6.92 Å². The first-order valence-electron chi connectivity index (χ1n) is 4.14. The lowest BCUT2D eigenvalue weighted by atomic mass is 10.0. The molecule has 0 unspecified atom stereocenters. The third kappa shape index (κ3) is 2.22. The molecule has 12 heavy (non-hydrogen) atoms. The number of nitrogens with two attached hydrogens (primary N) is 1. The summed E-state index contributed by atoms with van der Waals surface area (Å²) in [5.41, 5.74) is 6.52. The lowest BCUT2D eigenvalue weighted by molar-refractivity contribution is 0.211. The Labute approximate surface area is 72.5 Å². The molecular weight excluding hydrogens is 154 g/mol. The Morgan fingerprint density at radius 3 is 3.08 bits per heavy atom. The quantitative estimate of drug-likeness (QED) is 0.493. The molecule has 0 fully saturated rings. The van der Waals surface area contributed by atoms with Crippen LogP contribution in [0.1, 0.15) is 26.2 Å². The molecule has 0 aromatic rings. The highest BCUT2D eigenvalue weighted by Crippen LogP contribution is 2.13. The van der Waals surface area contributed by atoms with Gasteiger partial charge in [0.15, 0.2) is 0 Å². The van der Waals surface area contributed by atoms with Crippen LogP contribution in [-0.2, 0) is 4.84 Å². The highest BCUT2D eigenvalue weighted by Gasteiger charge is 2.16. The van der Waals surface area contributed by atoms with Gasteiger partial charge in [-0.3, -0.25) is 4.99 Å². The van der Waals surface area contributed by atoms with Crippen molar-refractivity contribution in [2.75, 3.05) is 7.11 Å². The van der Waals surface area contributed by atoms with Gasteiger partial charge in [-0.2, -0.15) is 0 Å². The van der Waals surface area contributed by atoms with E-state index >= 15 is 0 Å². The Morgan fingerprint density at radius 1 is 1.75 bits per heavy atom. The molecular formula is C8H15N3O. The van der Waals surface area contributed by atoms with Gasteiger partial charge in [0.1, 0.15) is 7.11 Å². The van der Waals surface area contributed by atoms with E-state index in [0.29, 0.717) is 0 Å². The van der Waals surface area contributed by atoms with Gasteiger partial charge in [0.05, 0.1) is 17.6 Å². The summed E-state index contributed by atoms with van der Waals surface area (Å²) in [5, 5.41) is 3.84. The fourth-order valence-corrected chi connectivity index (χ4v) is 1.31. The average molecular weight is 169 g/mol. The van der Waals surface area contributed by atoms with Crippen molar-refractivity contribution in [2.45, 2.75) is 32.2 Å². The molecule has 1 aliphatic rings. The highest BCUT2D eigenvalue weighted by molar-refractivity contribution is 5.91. The minimum Gasteiger partial charge on any atom is -0.399 e. The van der Waals surface area contributed by atoms with E-state index in [1.54, 1.807) is 7.11 Å². The van der Waals surface area contributed by atoms with Crippen molar-refractivity contribution in [1.29, 1.82) is 0 Å². The topological polar surface area (TPSA) is 60.0 Å². The normalized spacial score (nSPS) is 25.0. The summed E-state index contributed by atoms with van der Waals surface area (Å²) in [6.45, 7) is 1.91. The fraction of sp³-hybridized carbons (Fsp3) is 0.750. The molecule has 0 aromatic heterocycles. The standard InChI is InChI=1S/C8H15N3O/c1-6(11-12-2)7-4-3-5-8(9)10-7/h7H,3-5H2,1-2H3,(H2,9,10)/b11-6+/t7-/m1/s1. The minimum absolute atomic E-state index is 0.138. The molecule has 0 spiro atoms. The number of hydrogen-bond acceptors (Lipinski definition) is 4. The first-order chi connectivity index (χ1) is 5.74. The summed E-state index contributed by atoms with van der Waals surface area (Å²) in [7, 11) is 1.54. The number of oxime groups is 1. The van der Waals surface area contributed by atoms with Gasteiger partial charge in [-0.15, -0.1) is 0 Å². The third-order valence-electron chi connectivity index (χ3n) is 1.95. The molecule has 1 atom stereocenters. The van der Waals surface area contributed by atoms with Crippen molar-refractivity contribution >= 4 is 11.5 Å². The molecule has 0 aliphatic carbocycles. The fourth-order valence-electron chi connectivity index (χ4n) is 1.31. The molecule has 1 rings (SSSR count). The largest absolute Gasteiger partial charge is 0.399 e. The predicted octanol–water partition coefficient (Wildman–Crippen LogP) is 0.918. The van der Waals surface area contributed by atoms with Crippen molar-refractivity contribution in [1.82, 2.24) is 0 Å². The molecule has 2 N–H and O–H groups in total. The summed E-state index contributed by atoms with van der Waals surface area (Å²) in [5.74, 6) is 0.733. The lowest BCUT2D eigenvalue weighted by Crippen LogP contribution is -2.26. The Hall–Kier alpha value is -1.06. The van der Waals surface area contributed by atoms with Crippen molar-refractivity contribution in [3.8, 4) is 0 Å². The van der Waals surface area contributed by atoms with Gasteiger partial charge in [0.25, 0.3) is 0 Å². The molecule has 0 radical (unpaired) electrons. The van der Waals surface area contributed by atoms with Crippen molar-refractivity contribution < 1.29 is 4.84 Å². The van der Waals surface area contributed by atoms with Crippen LogP contribution in [0, 0.1) is 0 Å². The second-order valence-corrected chi connectivity index (χ2v) is 2.94. The van der Waals surface area contributed by atoms with Crippen LogP contribution in [-0.4, -0.2) is 24.7 Å². The average Bonchev–Trinajstić information content (AvgIpc) is 2.05. The summed E-state index contributed by atoms with van der Waals surface area (Å²) >= 11 is 0. The minimum atomic E-state index is 0.138. The highest BCUT2D eigenvalue weighted by atomic mass is 16.6. The molecule has 1 aliphatic heterocycles. The molecule has 4 heteroatoms. The lowest BCUT2D eigenvalue weighted by Gasteiger charge is -2.17. The second-order valence-electron chi connectivity index (χ2n) is 2.94. The number of hydrogen-bond donors (Lipinski definition) is 1. The van der Waals surface area contributed by atoms with Gasteiger partial charge < -0.3 is 10.6 Å². The van der Waals surface area contributed by atoms with E-state index in [0.717, 1.165) is 30.8 Å². The van der Waals surface area contributed by atoms with Crippen molar-refractivity contribution in [2.24, 2.45) is 15.9 Å². The summed E-state index contributed by atoms with van der Waals surface area (Å²) in [6, 6.07) is 0.138. The Bertz CT molecular complexity index is 210. The monoisotopic (exact) mass is 169 g/mol. The summed E-state index contributed by atoms with van der Waals surface area (Å²) in [4.78, 5) is 8.95. The van der Waals surface area contributed by atoms with Crippen LogP contribution in [0.2, 0.25) is 0 Å². The summed E-state index contributed by atoms with van der Waals surface area (Å²) in [6.07, 6.45) is 3.03. The van der Waals surface area contributed by atoms with Crippen LogP contribution in [0.25, 0.3) is 0 Å². The predicted molar refractivity (Wildman–Crippen MR) is 49.4 cm³/mol. The van der Waals surface area contributed by atoms with Crippen LogP contribution < -0.4 is 5.73 Å². The Morgan fingerprint density at radius 2 is 2.50 bits per heavy atom. The number of amidine groups is 1. The molecule has 0 amide bonds. The molecule has 1 heterocycles. The maximum absolute atomic E-state index is 5.61. The molecule has 4 nitrogen and oxygen atoms in total. The third-order valence-corrected chi connectivity index (χ3v) is 1.95. The van der Waals surface area contributed by atoms with Gasteiger partial charge in [-0.25, -0.2) is 0 Å². The maximum atomic E-state index is 5.61. The van der Waals surface area contributed by atoms with E-state index in [4.69, 9.17) is 5.73 Å². The molecule has 0 saturated heterocycles. The van der Waals surface area contributed by atoms with E-state index in [-0.39, 0.29) is 6.04 Å². The smallest absolute Gasteiger partial charge is 0.106 e. The SMILES string of the molecule is CO/N=C(\C)[C@H]1CCCC(N)=N1. The van der Waals surface area contributed by atoms with Crippen LogP contribution >= 0.6 is 0 Å². The summed E-state index contributed by atoms with van der Waals surface area (Å²) < 4.78 is 0. The second kappa shape index (κ2) is 4.09. The van der Waals surface area contributed by atoms with Crippen LogP contribution in [0.4, 0.5) is 0 Å². The Kier molecular flexibility index (Phi) is 3.08. The zero-order valence-electron chi connectivity index (χ0n) is 7.58. The van der Waals surface area contributed by atoms with Gasteiger partial charge >= 0.3 is 0 Å². The zero-order valence-corrected chi connectivity index (χ0v) is 7.58. The first kappa shape index (κ1) is 9.03. The van der Waals surface area contributed by atoms with E-state index in [2.05, 4.69) is 15.0 Å². The molecule has 0 saturated carbocycles. The maximum Gasteiger partial charge on any atom is 0.106 e. The van der Waals surface area contributed by atoms with E-state index in [1.165, 1.54) is 0 Å². The number of rotatable bonds is 2. The van der Waals surface area contributed by atoms with Gasteiger partial charge in [-0.1, -0.05) is 5.16 Å². The van der Waals surface area contributed by atoms with Crippen molar-refractivity contribution in [3.63, 3.8) is 0 Å². The van der Waals surface area contributed by atoms with Gasteiger partial charge in [0, 0.05) is 6.42 Å². The zero-order chi connectivity index (χ0) is 8.97. The number of aliphatic imine (C=N–C) groups is 1. The Balaban J connectivity index is 2.63. The van der Waals surface area contributed by atoms with Crippen LogP contribution in [0.3, 0.4) is 0 Å². The molecule has 0 bridgehead atoms. The molecule has 0 aromatic carbocycles. The van der Waals surface area contributed by atoms with E-state index < -0.39 is 0 Å². The number of nitrogens with zero attached hydrogens (tertiary/aromatic N) is 2. The van der Waals surface area contributed by atoms with Crippen LogP contribution in [0.15, 0.2) is 10.1 Å². The van der Waals surface area contributed by atoms with Gasteiger partial charge in [-0.05, 0) is 19.8 Å².